The lowest BCUT2D eigenvalue weighted by molar-refractivity contribution is 0.0608. The Bertz CT molecular complexity index is 393. The summed E-state index contributed by atoms with van der Waals surface area (Å²) in [6, 6.07) is 6.40. The van der Waals surface area contributed by atoms with Gasteiger partial charge in [-0.15, -0.1) is 0 Å². The van der Waals surface area contributed by atoms with E-state index in [4.69, 9.17) is 16.3 Å². The molecule has 1 aliphatic heterocycles. The molecule has 18 heavy (non-hydrogen) atoms. The highest BCUT2D eigenvalue weighted by Crippen LogP contribution is 2.32. The first-order chi connectivity index (χ1) is 8.70. The zero-order chi connectivity index (χ0) is 13.0. The summed E-state index contributed by atoms with van der Waals surface area (Å²) in [5.41, 5.74) is 1.29. The van der Waals surface area contributed by atoms with Crippen LogP contribution in [-0.4, -0.2) is 20.3 Å². The summed E-state index contributed by atoms with van der Waals surface area (Å²) in [4.78, 5) is 0. The molecule has 2 rings (SSSR count). The van der Waals surface area contributed by atoms with Crippen molar-refractivity contribution in [2.45, 2.75) is 25.3 Å². The first-order valence-corrected chi connectivity index (χ1v) is 7.57. The van der Waals surface area contributed by atoms with Gasteiger partial charge in [0.05, 0.1) is 0 Å². The fraction of sp³-hybridized carbons (Fsp3) is 0.571. The molecule has 1 heterocycles. The quantitative estimate of drug-likeness (QED) is 0.893. The Morgan fingerprint density at radius 3 is 2.78 bits per heavy atom. The van der Waals surface area contributed by atoms with Crippen LogP contribution < -0.4 is 5.32 Å². The Kier molecular flexibility index (Phi) is 5.49. The molecule has 0 bridgehead atoms. The van der Waals surface area contributed by atoms with E-state index in [1.807, 2.05) is 19.2 Å². The van der Waals surface area contributed by atoms with E-state index in [2.05, 4.69) is 27.3 Å². The van der Waals surface area contributed by atoms with Gasteiger partial charge >= 0.3 is 0 Å². The second kappa shape index (κ2) is 6.90. The number of halogens is 2. The molecule has 0 spiro atoms. The van der Waals surface area contributed by atoms with Crippen LogP contribution in [0.1, 0.15) is 30.9 Å². The Morgan fingerprint density at radius 2 is 2.17 bits per heavy atom. The molecule has 1 aliphatic rings. The maximum absolute atomic E-state index is 5.99. The van der Waals surface area contributed by atoms with Crippen molar-refractivity contribution in [1.82, 2.24) is 5.32 Å². The highest BCUT2D eigenvalue weighted by atomic mass is 79.9. The highest BCUT2D eigenvalue weighted by Gasteiger charge is 2.20. The average Bonchev–Trinajstić information content (AvgIpc) is 2.38. The van der Waals surface area contributed by atoms with Crippen molar-refractivity contribution < 1.29 is 4.74 Å². The fourth-order valence-electron chi connectivity index (χ4n) is 2.50. The molecular weight excluding hydrogens is 314 g/mol. The number of hydrogen-bond donors (Lipinski definition) is 1. The average molecular weight is 333 g/mol. The summed E-state index contributed by atoms with van der Waals surface area (Å²) in [5, 5.41) is 4.18. The third-order valence-corrected chi connectivity index (χ3v) is 4.52. The molecule has 1 aromatic carbocycles. The van der Waals surface area contributed by atoms with E-state index in [9.17, 15) is 0 Å². The smallest absolute Gasteiger partial charge is 0.0468 e. The minimum absolute atomic E-state index is 0.375. The van der Waals surface area contributed by atoms with E-state index in [0.717, 1.165) is 35.0 Å². The van der Waals surface area contributed by atoms with Crippen molar-refractivity contribution >= 4 is 27.5 Å². The van der Waals surface area contributed by atoms with Crippen LogP contribution in [0.4, 0.5) is 0 Å². The largest absolute Gasteiger partial charge is 0.381 e. The molecule has 1 aromatic rings. The molecule has 100 valence electrons. The highest BCUT2D eigenvalue weighted by molar-refractivity contribution is 9.10. The van der Waals surface area contributed by atoms with Crippen molar-refractivity contribution in [1.29, 1.82) is 0 Å². The number of nitrogens with one attached hydrogen (secondary N) is 1. The Labute approximate surface area is 122 Å². The molecule has 2 nitrogen and oxygen atoms in total. The first kappa shape index (κ1) is 14.3. The Morgan fingerprint density at radius 1 is 1.44 bits per heavy atom. The molecular formula is C14H19BrClNO. The van der Waals surface area contributed by atoms with Gasteiger partial charge in [0.15, 0.2) is 0 Å². The van der Waals surface area contributed by atoms with E-state index in [-0.39, 0.29) is 0 Å². The van der Waals surface area contributed by atoms with Gasteiger partial charge in [0.2, 0.25) is 0 Å². The summed E-state index contributed by atoms with van der Waals surface area (Å²) in [6.07, 6.45) is 3.49. The zero-order valence-electron chi connectivity index (χ0n) is 10.6. The van der Waals surface area contributed by atoms with Crippen molar-refractivity contribution in [3.63, 3.8) is 0 Å². The number of rotatable bonds is 4. The lowest BCUT2D eigenvalue weighted by Crippen LogP contribution is -2.24. The SMILES string of the molecule is CNC(CC1CCOCC1)c1ccc(Cl)cc1Br. The van der Waals surface area contributed by atoms with Crippen LogP contribution in [0.25, 0.3) is 0 Å². The minimum Gasteiger partial charge on any atom is -0.381 e. The third kappa shape index (κ3) is 3.70. The fourth-order valence-corrected chi connectivity index (χ4v) is 3.46. The van der Waals surface area contributed by atoms with E-state index in [1.165, 1.54) is 18.4 Å². The molecule has 0 radical (unpaired) electrons. The van der Waals surface area contributed by atoms with Gasteiger partial charge in [0, 0.05) is 28.8 Å². The normalized spacial score (nSPS) is 18.8. The molecule has 1 N–H and O–H groups in total. The third-order valence-electron chi connectivity index (χ3n) is 3.60. The summed E-state index contributed by atoms with van der Waals surface area (Å²) in [7, 11) is 2.02. The predicted octanol–water partition coefficient (Wildman–Crippen LogP) is 4.18. The van der Waals surface area contributed by atoms with Crippen molar-refractivity contribution in [3.8, 4) is 0 Å². The topological polar surface area (TPSA) is 21.3 Å². The second-order valence-corrected chi connectivity index (χ2v) is 6.09. The Hall–Kier alpha value is -0.0900. The molecule has 0 aliphatic carbocycles. The van der Waals surface area contributed by atoms with Crippen LogP contribution in [-0.2, 0) is 4.74 Å². The van der Waals surface area contributed by atoms with Gasteiger partial charge in [-0.25, -0.2) is 0 Å². The molecule has 0 saturated carbocycles. The number of benzene rings is 1. The predicted molar refractivity (Wildman–Crippen MR) is 79.1 cm³/mol. The van der Waals surface area contributed by atoms with Crippen LogP contribution in [0.15, 0.2) is 22.7 Å². The van der Waals surface area contributed by atoms with Crippen LogP contribution in [0, 0.1) is 5.92 Å². The summed E-state index contributed by atoms with van der Waals surface area (Å²) >= 11 is 9.59. The van der Waals surface area contributed by atoms with Crippen LogP contribution >= 0.6 is 27.5 Å². The lowest BCUT2D eigenvalue weighted by atomic mass is 9.89. The summed E-state index contributed by atoms with van der Waals surface area (Å²) in [5.74, 6) is 0.749. The van der Waals surface area contributed by atoms with Crippen molar-refractivity contribution in [2.24, 2.45) is 5.92 Å². The van der Waals surface area contributed by atoms with Gasteiger partial charge in [-0.3, -0.25) is 0 Å². The molecule has 1 unspecified atom stereocenters. The second-order valence-electron chi connectivity index (χ2n) is 4.80. The Balaban J connectivity index is 2.07. The molecule has 1 saturated heterocycles. The first-order valence-electron chi connectivity index (χ1n) is 6.40. The molecule has 1 fully saturated rings. The van der Waals surface area contributed by atoms with Gasteiger partial charge in [-0.2, -0.15) is 0 Å². The van der Waals surface area contributed by atoms with E-state index in [0.29, 0.717) is 6.04 Å². The van der Waals surface area contributed by atoms with E-state index < -0.39 is 0 Å². The van der Waals surface area contributed by atoms with Crippen LogP contribution in [0.5, 0.6) is 0 Å². The molecule has 0 amide bonds. The van der Waals surface area contributed by atoms with Gasteiger partial charge in [0.1, 0.15) is 0 Å². The van der Waals surface area contributed by atoms with Gasteiger partial charge in [-0.05, 0) is 49.9 Å². The van der Waals surface area contributed by atoms with E-state index in [1.54, 1.807) is 0 Å². The number of ether oxygens (including phenoxy) is 1. The number of hydrogen-bond acceptors (Lipinski definition) is 2. The standard InChI is InChI=1S/C14H19BrClNO/c1-17-14(8-10-4-6-18-7-5-10)12-3-2-11(16)9-13(12)15/h2-3,9-10,14,17H,4-8H2,1H3. The maximum atomic E-state index is 5.99. The lowest BCUT2D eigenvalue weighted by Gasteiger charge is -2.27. The monoisotopic (exact) mass is 331 g/mol. The van der Waals surface area contributed by atoms with Gasteiger partial charge in [-0.1, -0.05) is 33.6 Å². The van der Waals surface area contributed by atoms with Crippen molar-refractivity contribution in [2.75, 3.05) is 20.3 Å². The minimum atomic E-state index is 0.375. The molecule has 4 heteroatoms. The van der Waals surface area contributed by atoms with Crippen LogP contribution in [0.3, 0.4) is 0 Å². The molecule has 0 aromatic heterocycles. The summed E-state index contributed by atoms with van der Waals surface area (Å²) in [6.45, 7) is 1.81. The summed E-state index contributed by atoms with van der Waals surface area (Å²) < 4.78 is 6.50. The zero-order valence-corrected chi connectivity index (χ0v) is 12.9. The van der Waals surface area contributed by atoms with Crippen molar-refractivity contribution in [3.05, 3.63) is 33.3 Å². The van der Waals surface area contributed by atoms with Gasteiger partial charge in [0.25, 0.3) is 0 Å². The van der Waals surface area contributed by atoms with E-state index >= 15 is 0 Å². The van der Waals surface area contributed by atoms with Gasteiger partial charge < -0.3 is 10.1 Å². The van der Waals surface area contributed by atoms with Crippen LogP contribution in [0.2, 0.25) is 5.02 Å². The maximum Gasteiger partial charge on any atom is 0.0468 e. The molecule has 1 atom stereocenters.